The number of carboxylic acid groups (broad SMARTS) is 1. The molecular formula is C16H28N2O4. The number of likely N-dealkylation sites (tertiary alicyclic amines) is 1. The Hall–Kier alpha value is -1.30. The third kappa shape index (κ3) is 3.91. The van der Waals surface area contributed by atoms with Gasteiger partial charge in [0.25, 0.3) is 0 Å². The molecule has 2 fully saturated rings. The van der Waals surface area contributed by atoms with Crippen molar-refractivity contribution in [1.29, 1.82) is 0 Å². The standard InChI is InChI=1S/C16H28N2O4/c1-5-8-18(12-6-7-12)16(9-13(19)20)10-17(11-16)14(21)22-15(2,3)4/h12H,5-11H2,1-4H3,(H,19,20). The van der Waals surface area contributed by atoms with Gasteiger partial charge in [0.1, 0.15) is 5.60 Å². The highest BCUT2D eigenvalue weighted by molar-refractivity contribution is 5.73. The van der Waals surface area contributed by atoms with Crippen molar-refractivity contribution in [2.75, 3.05) is 19.6 Å². The number of hydrogen-bond donors (Lipinski definition) is 1. The molecule has 1 N–H and O–H groups in total. The summed E-state index contributed by atoms with van der Waals surface area (Å²) in [5.74, 6) is -0.800. The highest BCUT2D eigenvalue weighted by atomic mass is 16.6. The van der Waals surface area contributed by atoms with E-state index < -0.39 is 17.1 Å². The minimum Gasteiger partial charge on any atom is -0.481 e. The van der Waals surface area contributed by atoms with E-state index in [4.69, 9.17) is 4.74 Å². The Bertz CT molecular complexity index is 434. The summed E-state index contributed by atoms with van der Waals surface area (Å²) < 4.78 is 5.38. The Morgan fingerprint density at radius 1 is 1.32 bits per heavy atom. The van der Waals surface area contributed by atoms with Crippen LogP contribution in [0.1, 0.15) is 53.4 Å². The van der Waals surface area contributed by atoms with Crippen molar-refractivity contribution in [2.45, 2.75) is 70.6 Å². The van der Waals surface area contributed by atoms with E-state index in [9.17, 15) is 14.7 Å². The summed E-state index contributed by atoms with van der Waals surface area (Å²) >= 11 is 0. The Labute approximate surface area is 132 Å². The van der Waals surface area contributed by atoms with Gasteiger partial charge in [-0.05, 0) is 46.6 Å². The molecule has 0 bridgehead atoms. The molecule has 0 atom stereocenters. The minimum absolute atomic E-state index is 0.0861. The molecule has 1 amide bonds. The van der Waals surface area contributed by atoms with Crippen molar-refractivity contribution in [3.05, 3.63) is 0 Å². The Morgan fingerprint density at radius 3 is 2.32 bits per heavy atom. The van der Waals surface area contributed by atoms with Crippen molar-refractivity contribution in [3.8, 4) is 0 Å². The fourth-order valence-electron chi connectivity index (χ4n) is 3.23. The number of carbonyl (C=O) groups excluding carboxylic acids is 1. The lowest BCUT2D eigenvalue weighted by atomic mass is 9.84. The Morgan fingerprint density at radius 2 is 1.91 bits per heavy atom. The first-order valence-electron chi connectivity index (χ1n) is 8.13. The molecule has 2 rings (SSSR count). The number of ether oxygens (including phenoxy) is 1. The molecule has 0 aromatic heterocycles. The van der Waals surface area contributed by atoms with Crippen LogP contribution in [0.3, 0.4) is 0 Å². The highest BCUT2D eigenvalue weighted by Crippen LogP contribution is 2.40. The molecule has 0 spiro atoms. The monoisotopic (exact) mass is 312 g/mol. The van der Waals surface area contributed by atoms with Crippen molar-refractivity contribution >= 4 is 12.1 Å². The molecule has 0 aromatic carbocycles. The fraction of sp³-hybridized carbons (Fsp3) is 0.875. The van der Waals surface area contributed by atoms with E-state index in [1.54, 1.807) is 4.90 Å². The van der Waals surface area contributed by atoms with E-state index in [0.29, 0.717) is 19.1 Å². The summed E-state index contributed by atoms with van der Waals surface area (Å²) in [5.41, 5.74) is -0.943. The summed E-state index contributed by atoms with van der Waals surface area (Å²) in [5, 5.41) is 9.28. The average Bonchev–Trinajstić information content (AvgIpc) is 3.11. The third-order valence-electron chi connectivity index (χ3n) is 4.16. The van der Waals surface area contributed by atoms with Crippen LogP contribution >= 0.6 is 0 Å². The number of carbonyl (C=O) groups is 2. The highest BCUT2D eigenvalue weighted by Gasteiger charge is 2.54. The van der Waals surface area contributed by atoms with E-state index in [-0.39, 0.29) is 12.5 Å². The molecule has 0 aromatic rings. The van der Waals surface area contributed by atoms with Gasteiger partial charge in [-0.3, -0.25) is 9.69 Å². The van der Waals surface area contributed by atoms with Gasteiger partial charge in [-0.25, -0.2) is 4.79 Å². The summed E-state index contributed by atoms with van der Waals surface area (Å²) in [6.45, 7) is 9.40. The van der Waals surface area contributed by atoms with Crippen LogP contribution in [-0.2, 0) is 9.53 Å². The van der Waals surface area contributed by atoms with Crippen LogP contribution in [0, 0.1) is 0 Å². The third-order valence-corrected chi connectivity index (χ3v) is 4.16. The first kappa shape index (κ1) is 17.1. The molecule has 6 heteroatoms. The van der Waals surface area contributed by atoms with E-state index in [1.807, 2.05) is 20.8 Å². The number of amides is 1. The zero-order chi connectivity index (χ0) is 16.5. The normalized spacial score (nSPS) is 20.7. The number of carboxylic acids is 1. The van der Waals surface area contributed by atoms with Crippen LogP contribution in [0.2, 0.25) is 0 Å². The lowest BCUT2D eigenvalue weighted by molar-refractivity contribution is -0.146. The second kappa shape index (κ2) is 6.07. The van der Waals surface area contributed by atoms with Crippen LogP contribution in [0.5, 0.6) is 0 Å². The van der Waals surface area contributed by atoms with Gasteiger partial charge in [0, 0.05) is 19.1 Å². The number of aliphatic carboxylic acids is 1. The summed E-state index contributed by atoms with van der Waals surface area (Å²) in [4.78, 5) is 27.4. The topological polar surface area (TPSA) is 70.1 Å². The molecule has 1 saturated heterocycles. The summed E-state index contributed by atoms with van der Waals surface area (Å²) in [6.07, 6.45) is 3.00. The van der Waals surface area contributed by atoms with Crippen molar-refractivity contribution in [2.24, 2.45) is 0 Å². The summed E-state index contributed by atoms with van der Waals surface area (Å²) in [7, 11) is 0. The van der Waals surface area contributed by atoms with Gasteiger partial charge < -0.3 is 14.7 Å². The summed E-state index contributed by atoms with van der Waals surface area (Å²) in [6, 6.07) is 0.486. The second-order valence-corrected chi connectivity index (χ2v) is 7.56. The molecular weight excluding hydrogens is 284 g/mol. The van der Waals surface area contributed by atoms with Gasteiger partial charge in [0.05, 0.1) is 12.0 Å². The lowest BCUT2D eigenvalue weighted by Crippen LogP contribution is -2.72. The molecule has 1 saturated carbocycles. The quantitative estimate of drug-likeness (QED) is 0.815. The van der Waals surface area contributed by atoms with Crippen molar-refractivity contribution < 1.29 is 19.4 Å². The van der Waals surface area contributed by atoms with Gasteiger partial charge in [-0.15, -0.1) is 0 Å². The van der Waals surface area contributed by atoms with E-state index in [2.05, 4.69) is 11.8 Å². The smallest absolute Gasteiger partial charge is 0.410 e. The molecule has 1 heterocycles. The second-order valence-electron chi connectivity index (χ2n) is 7.56. The van der Waals surface area contributed by atoms with Gasteiger partial charge >= 0.3 is 12.1 Å². The maximum atomic E-state index is 12.1. The van der Waals surface area contributed by atoms with Gasteiger partial charge in [0.2, 0.25) is 0 Å². The van der Waals surface area contributed by atoms with Gasteiger partial charge in [-0.1, -0.05) is 6.92 Å². The van der Waals surface area contributed by atoms with Crippen LogP contribution < -0.4 is 0 Å². The predicted molar refractivity (Wildman–Crippen MR) is 82.8 cm³/mol. The van der Waals surface area contributed by atoms with Gasteiger partial charge in [0.15, 0.2) is 0 Å². The lowest BCUT2D eigenvalue weighted by Gasteiger charge is -2.55. The number of hydrogen-bond acceptors (Lipinski definition) is 4. The fourth-order valence-corrected chi connectivity index (χ4v) is 3.23. The largest absolute Gasteiger partial charge is 0.481 e. The molecule has 6 nitrogen and oxygen atoms in total. The zero-order valence-electron chi connectivity index (χ0n) is 14.1. The van der Waals surface area contributed by atoms with Crippen molar-refractivity contribution in [3.63, 3.8) is 0 Å². The molecule has 126 valence electrons. The minimum atomic E-state index is -0.800. The van der Waals surface area contributed by atoms with E-state index in [0.717, 1.165) is 25.8 Å². The maximum absolute atomic E-state index is 12.1. The van der Waals surface area contributed by atoms with Crippen LogP contribution in [0.4, 0.5) is 4.79 Å². The molecule has 1 aliphatic carbocycles. The SMILES string of the molecule is CCCN(C1CC1)C1(CC(=O)O)CN(C(=O)OC(C)(C)C)C1. The molecule has 1 aliphatic heterocycles. The van der Waals surface area contributed by atoms with Crippen LogP contribution in [-0.4, -0.2) is 63.8 Å². The molecule has 0 radical (unpaired) electrons. The first-order valence-corrected chi connectivity index (χ1v) is 8.13. The number of rotatable bonds is 6. The van der Waals surface area contributed by atoms with Crippen LogP contribution in [0.15, 0.2) is 0 Å². The van der Waals surface area contributed by atoms with E-state index in [1.165, 1.54) is 0 Å². The average molecular weight is 312 g/mol. The van der Waals surface area contributed by atoms with Gasteiger partial charge in [-0.2, -0.15) is 0 Å². The first-order chi connectivity index (χ1) is 10.2. The number of nitrogens with zero attached hydrogens (tertiary/aromatic N) is 2. The zero-order valence-corrected chi connectivity index (χ0v) is 14.1. The Balaban J connectivity index is 2.04. The molecule has 2 aliphatic rings. The van der Waals surface area contributed by atoms with E-state index >= 15 is 0 Å². The predicted octanol–water partition coefficient (Wildman–Crippen LogP) is 2.33. The molecule has 22 heavy (non-hydrogen) atoms. The molecule has 0 unspecified atom stereocenters. The maximum Gasteiger partial charge on any atom is 0.410 e. The Kier molecular flexibility index (Phi) is 4.70. The van der Waals surface area contributed by atoms with Crippen LogP contribution in [0.25, 0.3) is 0 Å². The van der Waals surface area contributed by atoms with Crippen molar-refractivity contribution in [1.82, 2.24) is 9.80 Å².